The highest BCUT2D eigenvalue weighted by atomic mass is 16.6. The second-order valence-corrected chi connectivity index (χ2v) is 5.70. The summed E-state index contributed by atoms with van der Waals surface area (Å²) in [6.45, 7) is 7.97. The van der Waals surface area contributed by atoms with Gasteiger partial charge in [-0.25, -0.2) is 0 Å². The van der Waals surface area contributed by atoms with Crippen molar-refractivity contribution in [3.63, 3.8) is 0 Å². The van der Waals surface area contributed by atoms with Gasteiger partial charge in [-0.05, 0) is 12.8 Å². The summed E-state index contributed by atoms with van der Waals surface area (Å²) in [7, 11) is 0. The van der Waals surface area contributed by atoms with Crippen molar-refractivity contribution in [2.45, 2.75) is 45.3 Å². The van der Waals surface area contributed by atoms with E-state index in [9.17, 15) is 4.79 Å². The molecule has 3 fully saturated rings. The monoisotopic (exact) mass is 255 g/mol. The Balaban J connectivity index is 0.000000134. The van der Waals surface area contributed by atoms with Crippen LogP contribution in [0.5, 0.6) is 0 Å². The topological polar surface area (TPSA) is 54.2 Å². The number of epoxide rings is 2. The number of ketones is 1. The second kappa shape index (κ2) is 6.64. The van der Waals surface area contributed by atoms with Gasteiger partial charge in [-0.15, -0.1) is 0 Å². The summed E-state index contributed by atoms with van der Waals surface area (Å²) >= 11 is 0. The molecule has 3 aliphatic rings. The van der Waals surface area contributed by atoms with Gasteiger partial charge in [0.05, 0.1) is 25.4 Å². The minimum atomic E-state index is 0.341. The van der Waals surface area contributed by atoms with E-state index in [1.807, 2.05) is 13.8 Å². The quantitative estimate of drug-likeness (QED) is 0.771. The van der Waals surface area contributed by atoms with E-state index in [2.05, 4.69) is 5.32 Å². The molecule has 0 aromatic carbocycles. The summed E-state index contributed by atoms with van der Waals surface area (Å²) in [5, 5.41) is 3.26. The molecule has 2 aliphatic heterocycles. The van der Waals surface area contributed by atoms with Crippen molar-refractivity contribution in [2.75, 3.05) is 26.3 Å². The van der Waals surface area contributed by atoms with Crippen molar-refractivity contribution in [3.05, 3.63) is 0 Å². The van der Waals surface area contributed by atoms with Crippen molar-refractivity contribution < 1.29 is 14.3 Å². The third-order valence-electron chi connectivity index (χ3n) is 3.79. The maximum atomic E-state index is 11.1. The lowest BCUT2D eigenvalue weighted by molar-refractivity contribution is -0.127. The van der Waals surface area contributed by atoms with Crippen LogP contribution in [0.4, 0.5) is 0 Å². The summed E-state index contributed by atoms with van der Waals surface area (Å²) in [5.41, 5.74) is 0. The van der Waals surface area contributed by atoms with Gasteiger partial charge >= 0.3 is 0 Å². The van der Waals surface area contributed by atoms with Crippen LogP contribution in [-0.4, -0.2) is 44.3 Å². The normalized spacial score (nSPS) is 37.8. The fraction of sp³-hybridized carbons (Fsp3) is 0.929. The zero-order chi connectivity index (χ0) is 13.0. The van der Waals surface area contributed by atoms with E-state index in [4.69, 9.17) is 9.47 Å². The molecule has 4 unspecified atom stereocenters. The molecule has 4 heteroatoms. The summed E-state index contributed by atoms with van der Waals surface area (Å²) < 4.78 is 10.0. The molecule has 2 heterocycles. The van der Waals surface area contributed by atoms with Crippen LogP contribution in [0, 0.1) is 11.8 Å². The SMILES string of the molecule is C(NCC1CO1)C1CO1.CC1CCCC(C)C1=O. The van der Waals surface area contributed by atoms with Crippen LogP contribution in [0.15, 0.2) is 0 Å². The van der Waals surface area contributed by atoms with E-state index in [1.54, 1.807) is 0 Å². The first-order chi connectivity index (χ1) is 8.66. The van der Waals surface area contributed by atoms with Crippen molar-refractivity contribution >= 4 is 5.78 Å². The molecule has 0 aromatic rings. The van der Waals surface area contributed by atoms with Gasteiger partial charge in [0.15, 0.2) is 0 Å². The number of carbonyl (C=O) groups is 1. The fourth-order valence-electron chi connectivity index (χ4n) is 2.28. The number of ether oxygens (including phenoxy) is 2. The Bertz CT molecular complexity index is 250. The third kappa shape index (κ3) is 5.04. The zero-order valence-corrected chi connectivity index (χ0v) is 11.5. The molecule has 0 aromatic heterocycles. The van der Waals surface area contributed by atoms with Gasteiger partial charge < -0.3 is 14.8 Å². The predicted octanol–water partition coefficient (Wildman–Crippen LogP) is 1.39. The van der Waals surface area contributed by atoms with Gasteiger partial charge in [-0.1, -0.05) is 20.3 Å². The number of carbonyl (C=O) groups excluding carboxylic acids is 1. The van der Waals surface area contributed by atoms with Gasteiger partial charge in [0.2, 0.25) is 0 Å². The highest BCUT2D eigenvalue weighted by Crippen LogP contribution is 2.24. The average Bonchev–Trinajstić information content (AvgIpc) is 3.20. The first kappa shape index (κ1) is 14.0. The lowest BCUT2D eigenvalue weighted by Crippen LogP contribution is -2.24. The minimum Gasteiger partial charge on any atom is -0.372 e. The Kier molecular flexibility index (Phi) is 5.15. The standard InChI is InChI=1S/C8H14O.C6H11NO2/c1-6-4-3-5-7(2)8(6)9;1(5-3-8-5)7-2-6-4-9-6/h6-7H,3-5H2,1-2H3;5-7H,1-4H2. The van der Waals surface area contributed by atoms with Gasteiger partial charge in [0.1, 0.15) is 5.78 Å². The molecule has 0 bridgehead atoms. The molecular weight excluding hydrogens is 230 g/mol. The van der Waals surface area contributed by atoms with E-state index in [0.717, 1.165) is 39.1 Å². The van der Waals surface area contributed by atoms with Gasteiger partial charge in [-0.3, -0.25) is 4.79 Å². The molecule has 2 saturated heterocycles. The Labute approximate surface area is 109 Å². The molecule has 4 atom stereocenters. The number of nitrogens with one attached hydrogen (secondary N) is 1. The molecule has 4 nitrogen and oxygen atoms in total. The number of Topliss-reactive ketones (excluding diaryl/α,β-unsaturated/α-hetero) is 1. The summed E-state index contributed by atoms with van der Waals surface area (Å²) in [6, 6.07) is 0. The van der Waals surface area contributed by atoms with Crippen molar-refractivity contribution in [1.29, 1.82) is 0 Å². The van der Waals surface area contributed by atoms with E-state index in [-0.39, 0.29) is 0 Å². The van der Waals surface area contributed by atoms with Crippen molar-refractivity contribution in [2.24, 2.45) is 11.8 Å². The maximum absolute atomic E-state index is 11.1. The van der Waals surface area contributed by atoms with Gasteiger partial charge in [0.25, 0.3) is 0 Å². The van der Waals surface area contributed by atoms with Gasteiger partial charge in [-0.2, -0.15) is 0 Å². The van der Waals surface area contributed by atoms with Crippen LogP contribution < -0.4 is 5.32 Å². The van der Waals surface area contributed by atoms with Crippen LogP contribution >= 0.6 is 0 Å². The highest BCUT2D eigenvalue weighted by Gasteiger charge is 2.25. The lowest BCUT2D eigenvalue weighted by Gasteiger charge is -2.21. The minimum absolute atomic E-state index is 0.341. The first-order valence-electron chi connectivity index (χ1n) is 7.14. The highest BCUT2D eigenvalue weighted by molar-refractivity contribution is 5.83. The molecular formula is C14H25NO3. The van der Waals surface area contributed by atoms with Crippen LogP contribution in [0.25, 0.3) is 0 Å². The first-order valence-corrected chi connectivity index (χ1v) is 7.14. The van der Waals surface area contributed by atoms with Crippen molar-refractivity contribution in [1.82, 2.24) is 5.32 Å². The Morgan fingerprint density at radius 1 is 1.06 bits per heavy atom. The van der Waals surface area contributed by atoms with Gasteiger partial charge in [0, 0.05) is 24.9 Å². The van der Waals surface area contributed by atoms with Crippen LogP contribution in [0.2, 0.25) is 0 Å². The van der Waals surface area contributed by atoms with E-state index < -0.39 is 0 Å². The zero-order valence-electron chi connectivity index (χ0n) is 11.5. The molecule has 1 N–H and O–H groups in total. The molecule has 1 aliphatic carbocycles. The average molecular weight is 255 g/mol. The Morgan fingerprint density at radius 3 is 1.83 bits per heavy atom. The smallest absolute Gasteiger partial charge is 0.138 e. The number of hydrogen-bond donors (Lipinski definition) is 1. The summed E-state index contributed by atoms with van der Waals surface area (Å²) in [4.78, 5) is 11.1. The Hall–Kier alpha value is -0.450. The predicted molar refractivity (Wildman–Crippen MR) is 69.5 cm³/mol. The third-order valence-corrected chi connectivity index (χ3v) is 3.79. The van der Waals surface area contributed by atoms with E-state index in [1.165, 1.54) is 6.42 Å². The maximum Gasteiger partial charge on any atom is 0.138 e. The van der Waals surface area contributed by atoms with Crippen molar-refractivity contribution in [3.8, 4) is 0 Å². The molecule has 0 amide bonds. The second-order valence-electron chi connectivity index (χ2n) is 5.70. The largest absolute Gasteiger partial charge is 0.372 e. The molecule has 18 heavy (non-hydrogen) atoms. The molecule has 0 radical (unpaired) electrons. The van der Waals surface area contributed by atoms with Crippen LogP contribution in [0.3, 0.4) is 0 Å². The molecule has 1 saturated carbocycles. The number of hydrogen-bond acceptors (Lipinski definition) is 4. The Morgan fingerprint density at radius 2 is 1.50 bits per heavy atom. The van der Waals surface area contributed by atoms with E-state index >= 15 is 0 Å². The number of rotatable bonds is 4. The summed E-state index contributed by atoms with van der Waals surface area (Å²) in [6.07, 6.45) is 4.48. The van der Waals surface area contributed by atoms with E-state index in [0.29, 0.717) is 29.8 Å². The van der Waals surface area contributed by atoms with Crippen LogP contribution in [0.1, 0.15) is 33.1 Å². The molecule has 104 valence electrons. The van der Waals surface area contributed by atoms with Crippen LogP contribution in [-0.2, 0) is 14.3 Å². The molecule has 0 spiro atoms. The fourth-order valence-corrected chi connectivity index (χ4v) is 2.28. The lowest BCUT2D eigenvalue weighted by atomic mass is 9.82. The molecule has 3 rings (SSSR count). The summed E-state index contributed by atoms with van der Waals surface area (Å²) in [5.74, 6) is 1.16.